The molecule has 0 aliphatic carbocycles. The lowest BCUT2D eigenvalue weighted by atomic mass is 9.90. The molecular weight excluding hydrogens is 254 g/mol. The molecular formula is C15H25N3O2. The van der Waals surface area contributed by atoms with Crippen molar-refractivity contribution in [1.29, 1.82) is 0 Å². The van der Waals surface area contributed by atoms with Crippen LogP contribution in [0, 0.1) is 0 Å². The predicted molar refractivity (Wildman–Crippen MR) is 80.4 cm³/mol. The molecule has 0 aliphatic rings. The summed E-state index contributed by atoms with van der Waals surface area (Å²) in [6.45, 7) is 2.15. The van der Waals surface area contributed by atoms with E-state index in [0.717, 1.165) is 18.7 Å². The normalized spacial score (nSPS) is 14.3. The molecule has 0 bridgehead atoms. The van der Waals surface area contributed by atoms with E-state index >= 15 is 0 Å². The first-order chi connectivity index (χ1) is 9.40. The number of rotatable bonds is 7. The molecule has 0 amide bonds. The highest BCUT2D eigenvalue weighted by molar-refractivity contribution is 5.82. The Balaban J connectivity index is 2.87. The number of carbonyl (C=O) groups excluding carboxylic acids is 1. The van der Waals surface area contributed by atoms with Crippen molar-refractivity contribution in [1.82, 2.24) is 9.80 Å². The number of benzene rings is 1. The quantitative estimate of drug-likeness (QED) is 0.737. The fraction of sp³-hybridized carbons (Fsp3) is 0.533. The maximum absolute atomic E-state index is 12.1. The third kappa shape index (κ3) is 4.30. The van der Waals surface area contributed by atoms with Gasteiger partial charge < -0.3 is 20.3 Å². The number of esters is 1. The van der Waals surface area contributed by atoms with Crippen molar-refractivity contribution >= 4 is 5.97 Å². The van der Waals surface area contributed by atoms with Crippen LogP contribution in [0.2, 0.25) is 0 Å². The first kappa shape index (κ1) is 16.6. The van der Waals surface area contributed by atoms with Gasteiger partial charge in [0.2, 0.25) is 0 Å². The molecule has 112 valence electrons. The van der Waals surface area contributed by atoms with Crippen molar-refractivity contribution < 1.29 is 9.53 Å². The summed E-state index contributed by atoms with van der Waals surface area (Å²) in [6, 6.07) is 9.36. The Morgan fingerprint density at radius 3 is 2.30 bits per heavy atom. The van der Waals surface area contributed by atoms with Crippen LogP contribution in [-0.2, 0) is 15.1 Å². The molecule has 2 N–H and O–H groups in total. The number of hydrogen-bond donors (Lipinski definition) is 1. The molecule has 0 saturated heterocycles. The molecule has 0 aliphatic heterocycles. The van der Waals surface area contributed by atoms with Crippen LogP contribution in [0.25, 0.3) is 0 Å². The van der Waals surface area contributed by atoms with Gasteiger partial charge in [-0.25, -0.2) is 4.79 Å². The lowest BCUT2D eigenvalue weighted by Gasteiger charge is -2.32. The molecule has 0 aromatic heterocycles. The average molecular weight is 279 g/mol. The van der Waals surface area contributed by atoms with Gasteiger partial charge in [-0.1, -0.05) is 30.3 Å². The van der Waals surface area contributed by atoms with Gasteiger partial charge in [0.25, 0.3) is 0 Å². The molecule has 0 heterocycles. The van der Waals surface area contributed by atoms with Crippen LogP contribution in [0.4, 0.5) is 0 Å². The first-order valence-corrected chi connectivity index (χ1v) is 6.66. The Morgan fingerprint density at radius 2 is 1.80 bits per heavy atom. The van der Waals surface area contributed by atoms with E-state index in [-0.39, 0.29) is 0 Å². The Morgan fingerprint density at radius 1 is 1.20 bits per heavy atom. The van der Waals surface area contributed by atoms with Crippen molar-refractivity contribution in [2.45, 2.75) is 5.54 Å². The number of likely N-dealkylation sites (N-methyl/N-ethyl adjacent to an activating group) is 2. The van der Waals surface area contributed by atoms with Crippen molar-refractivity contribution in [2.24, 2.45) is 5.73 Å². The molecule has 1 rings (SSSR count). The lowest BCUT2D eigenvalue weighted by Crippen LogP contribution is -2.53. The number of nitrogens with zero attached hydrogens (tertiary/aromatic N) is 2. The van der Waals surface area contributed by atoms with E-state index in [1.807, 2.05) is 56.4 Å². The molecule has 1 aromatic rings. The van der Waals surface area contributed by atoms with Crippen LogP contribution in [0.5, 0.6) is 0 Å². The van der Waals surface area contributed by atoms with Crippen LogP contribution < -0.4 is 5.73 Å². The van der Waals surface area contributed by atoms with Gasteiger partial charge in [0, 0.05) is 19.6 Å². The Bertz CT molecular complexity index is 422. The molecule has 0 fully saturated rings. The maximum atomic E-state index is 12.1. The number of ether oxygens (including phenoxy) is 1. The van der Waals surface area contributed by atoms with Gasteiger partial charge in [-0.05, 0) is 26.7 Å². The third-order valence-corrected chi connectivity index (χ3v) is 3.29. The highest BCUT2D eigenvalue weighted by Crippen LogP contribution is 2.21. The topological polar surface area (TPSA) is 58.8 Å². The van der Waals surface area contributed by atoms with Gasteiger partial charge in [-0.3, -0.25) is 0 Å². The van der Waals surface area contributed by atoms with E-state index in [0.29, 0.717) is 6.54 Å². The van der Waals surface area contributed by atoms with Crippen molar-refractivity contribution in [3.05, 3.63) is 35.9 Å². The molecule has 5 heteroatoms. The molecule has 20 heavy (non-hydrogen) atoms. The van der Waals surface area contributed by atoms with Gasteiger partial charge in [-0.15, -0.1) is 0 Å². The second-order valence-corrected chi connectivity index (χ2v) is 5.37. The molecule has 1 atom stereocenters. The van der Waals surface area contributed by atoms with Crippen LogP contribution in [-0.4, -0.2) is 63.7 Å². The van der Waals surface area contributed by atoms with Gasteiger partial charge in [0.15, 0.2) is 5.54 Å². The van der Waals surface area contributed by atoms with Crippen LogP contribution in [0.1, 0.15) is 5.56 Å². The summed E-state index contributed by atoms with van der Waals surface area (Å²) in [4.78, 5) is 16.3. The molecule has 1 unspecified atom stereocenters. The molecule has 5 nitrogen and oxygen atoms in total. The fourth-order valence-electron chi connectivity index (χ4n) is 2.07. The molecule has 0 spiro atoms. The van der Waals surface area contributed by atoms with Crippen LogP contribution in [0.3, 0.4) is 0 Å². The summed E-state index contributed by atoms with van der Waals surface area (Å²) < 4.78 is 4.90. The van der Waals surface area contributed by atoms with E-state index in [9.17, 15) is 4.79 Å². The first-order valence-electron chi connectivity index (χ1n) is 6.66. The largest absolute Gasteiger partial charge is 0.467 e. The van der Waals surface area contributed by atoms with E-state index < -0.39 is 11.5 Å². The number of methoxy groups -OCH3 is 1. The second-order valence-electron chi connectivity index (χ2n) is 5.37. The van der Waals surface area contributed by atoms with Gasteiger partial charge in [-0.2, -0.15) is 0 Å². The van der Waals surface area contributed by atoms with E-state index in [1.165, 1.54) is 7.11 Å². The minimum Gasteiger partial charge on any atom is -0.467 e. The lowest BCUT2D eigenvalue weighted by molar-refractivity contribution is -0.148. The average Bonchev–Trinajstić information content (AvgIpc) is 2.45. The molecule has 0 saturated carbocycles. The van der Waals surface area contributed by atoms with Crippen molar-refractivity contribution in [3.63, 3.8) is 0 Å². The van der Waals surface area contributed by atoms with Crippen LogP contribution in [0.15, 0.2) is 30.3 Å². The minimum atomic E-state index is -1.14. The highest BCUT2D eigenvalue weighted by Gasteiger charge is 2.38. The summed E-state index contributed by atoms with van der Waals surface area (Å²) >= 11 is 0. The predicted octanol–water partition coefficient (Wildman–Crippen LogP) is 0.507. The Labute approximate surface area is 121 Å². The minimum absolute atomic E-state index is 0.414. The molecule has 0 radical (unpaired) electrons. The van der Waals surface area contributed by atoms with Crippen LogP contribution >= 0.6 is 0 Å². The Hall–Kier alpha value is -1.43. The second kappa shape index (κ2) is 7.38. The zero-order valence-electron chi connectivity index (χ0n) is 12.8. The Kier molecular flexibility index (Phi) is 6.13. The van der Waals surface area contributed by atoms with Crippen molar-refractivity contribution in [2.75, 3.05) is 47.9 Å². The van der Waals surface area contributed by atoms with Gasteiger partial charge in [0.05, 0.1) is 7.11 Å². The van der Waals surface area contributed by atoms with E-state index in [2.05, 4.69) is 4.90 Å². The third-order valence-electron chi connectivity index (χ3n) is 3.29. The highest BCUT2D eigenvalue weighted by atomic mass is 16.5. The smallest absolute Gasteiger partial charge is 0.331 e. The summed E-state index contributed by atoms with van der Waals surface area (Å²) in [7, 11) is 7.35. The zero-order valence-corrected chi connectivity index (χ0v) is 12.8. The SMILES string of the molecule is COC(=O)C(N)(CN(C)CCN(C)C)c1ccccc1. The number of hydrogen-bond acceptors (Lipinski definition) is 5. The molecule has 1 aromatic carbocycles. The maximum Gasteiger partial charge on any atom is 0.331 e. The summed E-state index contributed by atoms with van der Waals surface area (Å²) in [5.41, 5.74) is 5.98. The van der Waals surface area contributed by atoms with Gasteiger partial charge in [0.1, 0.15) is 0 Å². The van der Waals surface area contributed by atoms with Gasteiger partial charge >= 0.3 is 5.97 Å². The standard InChI is InChI=1S/C15H25N3O2/c1-17(2)10-11-18(3)12-15(16,14(19)20-4)13-8-6-5-7-9-13/h5-9H,10-12,16H2,1-4H3. The number of nitrogens with two attached hydrogens (primary N) is 1. The zero-order chi connectivity index (χ0) is 15.2. The van der Waals surface area contributed by atoms with E-state index in [1.54, 1.807) is 0 Å². The number of carbonyl (C=O) groups is 1. The summed E-state index contributed by atoms with van der Waals surface area (Å²) in [6.07, 6.45) is 0. The summed E-state index contributed by atoms with van der Waals surface area (Å²) in [5.74, 6) is -0.416. The van der Waals surface area contributed by atoms with E-state index in [4.69, 9.17) is 10.5 Å². The van der Waals surface area contributed by atoms with Crippen molar-refractivity contribution in [3.8, 4) is 0 Å². The monoisotopic (exact) mass is 279 g/mol. The fourth-order valence-corrected chi connectivity index (χ4v) is 2.07. The summed E-state index contributed by atoms with van der Waals surface area (Å²) in [5, 5.41) is 0.